The lowest BCUT2D eigenvalue weighted by Gasteiger charge is -2.24. The summed E-state index contributed by atoms with van der Waals surface area (Å²) in [6.45, 7) is 5.63. The van der Waals surface area contributed by atoms with Gasteiger partial charge in [-0.3, -0.25) is 4.79 Å². The minimum atomic E-state index is -0.751. The Balaban J connectivity index is 2.18. The summed E-state index contributed by atoms with van der Waals surface area (Å²) in [5, 5.41) is 11.5. The molecule has 2 N–H and O–H groups in total. The van der Waals surface area contributed by atoms with Crippen molar-refractivity contribution in [3.05, 3.63) is 0 Å². The fourth-order valence-corrected chi connectivity index (χ4v) is 2.57. The molecule has 0 aromatic rings. The first-order valence-corrected chi connectivity index (χ1v) is 7.30. The predicted octanol–water partition coefficient (Wildman–Crippen LogP) is 2.46. The number of carboxylic acids is 1. The van der Waals surface area contributed by atoms with E-state index in [1.807, 2.05) is 11.8 Å². The first-order chi connectivity index (χ1) is 9.04. The van der Waals surface area contributed by atoms with Crippen LogP contribution in [0.1, 0.15) is 52.4 Å². The second-order valence-corrected chi connectivity index (χ2v) is 5.46. The largest absolute Gasteiger partial charge is 0.481 e. The Morgan fingerprint density at radius 1 is 1.42 bits per heavy atom. The van der Waals surface area contributed by atoms with E-state index >= 15 is 0 Å². The zero-order valence-electron chi connectivity index (χ0n) is 12.0. The molecule has 0 spiro atoms. The number of aliphatic carboxylic acids is 1. The van der Waals surface area contributed by atoms with Gasteiger partial charge in [0.25, 0.3) is 0 Å². The molecule has 5 nitrogen and oxygen atoms in total. The molecule has 1 fully saturated rings. The molecular formula is C14H26N2O3. The Morgan fingerprint density at radius 2 is 2.16 bits per heavy atom. The lowest BCUT2D eigenvalue weighted by molar-refractivity contribution is -0.137. The molecule has 1 rings (SSSR count). The molecule has 2 unspecified atom stereocenters. The molecule has 0 aromatic carbocycles. The van der Waals surface area contributed by atoms with Gasteiger partial charge in [-0.05, 0) is 38.0 Å². The van der Waals surface area contributed by atoms with E-state index in [4.69, 9.17) is 5.11 Å². The Morgan fingerprint density at radius 3 is 2.79 bits per heavy atom. The van der Waals surface area contributed by atoms with Crippen LogP contribution < -0.4 is 5.32 Å². The summed E-state index contributed by atoms with van der Waals surface area (Å²) in [4.78, 5) is 24.4. The smallest absolute Gasteiger partial charge is 0.317 e. The topological polar surface area (TPSA) is 69.6 Å². The van der Waals surface area contributed by atoms with Crippen LogP contribution in [0.25, 0.3) is 0 Å². The summed E-state index contributed by atoms with van der Waals surface area (Å²) in [7, 11) is 0. The summed E-state index contributed by atoms with van der Waals surface area (Å²) in [5.74, 6) is -0.421. The van der Waals surface area contributed by atoms with E-state index in [0.717, 1.165) is 32.2 Å². The van der Waals surface area contributed by atoms with Crippen molar-refractivity contribution in [1.82, 2.24) is 10.2 Å². The lowest BCUT2D eigenvalue weighted by Crippen LogP contribution is -2.43. The number of hydrogen-bond acceptors (Lipinski definition) is 2. The molecule has 0 bridgehead atoms. The van der Waals surface area contributed by atoms with Gasteiger partial charge in [-0.1, -0.05) is 13.8 Å². The molecule has 5 heteroatoms. The molecule has 2 atom stereocenters. The van der Waals surface area contributed by atoms with Gasteiger partial charge in [0.05, 0.1) is 0 Å². The van der Waals surface area contributed by atoms with E-state index in [9.17, 15) is 9.59 Å². The summed E-state index contributed by atoms with van der Waals surface area (Å²) in [6, 6.07) is 0.430. The highest BCUT2D eigenvalue weighted by atomic mass is 16.4. The maximum absolute atomic E-state index is 12.0. The monoisotopic (exact) mass is 270 g/mol. The minimum absolute atomic E-state index is 0.0368. The quantitative estimate of drug-likeness (QED) is 0.746. The Bertz CT molecular complexity index is 307. The minimum Gasteiger partial charge on any atom is -0.481 e. The second-order valence-electron chi connectivity index (χ2n) is 5.46. The molecule has 1 aliphatic heterocycles. The van der Waals surface area contributed by atoms with Crippen LogP contribution in [0.3, 0.4) is 0 Å². The van der Waals surface area contributed by atoms with Crippen LogP contribution in [0.2, 0.25) is 0 Å². The molecule has 0 saturated carbocycles. The highest BCUT2D eigenvalue weighted by molar-refractivity contribution is 5.74. The molecule has 0 radical (unpaired) electrons. The number of amides is 2. The fourth-order valence-electron chi connectivity index (χ4n) is 2.57. The SMILES string of the molecule is CCC1CCCN1C(=O)NCCC(C)CCC(=O)O. The molecular weight excluding hydrogens is 244 g/mol. The number of likely N-dealkylation sites (tertiary alicyclic amines) is 1. The van der Waals surface area contributed by atoms with Crippen molar-refractivity contribution in [3.63, 3.8) is 0 Å². The van der Waals surface area contributed by atoms with Crippen molar-refractivity contribution in [2.45, 2.75) is 58.4 Å². The van der Waals surface area contributed by atoms with Crippen LogP contribution in [-0.4, -0.2) is 41.1 Å². The van der Waals surface area contributed by atoms with E-state index in [0.29, 0.717) is 24.9 Å². The van der Waals surface area contributed by atoms with Crippen LogP contribution in [0.15, 0.2) is 0 Å². The van der Waals surface area contributed by atoms with Gasteiger partial charge in [-0.25, -0.2) is 4.79 Å². The number of urea groups is 1. The van der Waals surface area contributed by atoms with Crippen molar-refractivity contribution < 1.29 is 14.7 Å². The number of carbonyl (C=O) groups excluding carboxylic acids is 1. The third-order valence-electron chi connectivity index (χ3n) is 3.87. The van der Waals surface area contributed by atoms with Crippen LogP contribution in [0, 0.1) is 5.92 Å². The van der Waals surface area contributed by atoms with Gasteiger partial charge < -0.3 is 15.3 Å². The molecule has 1 heterocycles. The summed E-state index contributed by atoms with van der Waals surface area (Å²) in [5.41, 5.74) is 0. The zero-order chi connectivity index (χ0) is 14.3. The maximum atomic E-state index is 12.0. The number of nitrogens with zero attached hydrogens (tertiary/aromatic N) is 1. The molecule has 0 aromatic heterocycles. The first kappa shape index (κ1) is 15.8. The lowest BCUT2D eigenvalue weighted by atomic mass is 10.0. The highest BCUT2D eigenvalue weighted by Gasteiger charge is 2.26. The maximum Gasteiger partial charge on any atom is 0.317 e. The summed E-state index contributed by atoms with van der Waals surface area (Å²) < 4.78 is 0. The van der Waals surface area contributed by atoms with Gasteiger partial charge in [0, 0.05) is 25.6 Å². The average molecular weight is 270 g/mol. The van der Waals surface area contributed by atoms with Gasteiger partial charge in [-0.2, -0.15) is 0 Å². The molecule has 0 aliphatic carbocycles. The standard InChI is InChI=1S/C14H26N2O3/c1-3-12-5-4-10-16(12)14(19)15-9-8-11(2)6-7-13(17)18/h11-12H,3-10H2,1-2H3,(H,15,19)(H,17,18). The third-order valence-corrected chi connectivity index (χ3v) is 3.87. The van der Waals surface area contributed by atoms with Gasteiger partial charge in [0.2, 0.25) is 0 Å². The van der Waals surface area contributed by atoms with Crippen molar-refractivity contribution >= 4 is 12.0 Å². The molecule has 2 amide bonds. The van der Waals surface area contributed by atoms with Crippen molar-refractivity contribution in [2.75, 3.05) is 13.1 Å². The zero-order valence-corrected chi connectivity index (χ0v) is 12.0. The van der Waals surface area contributed by atoms with E-state index in [-0.39, 0.29) is 12.5 Å². The third kappa shape index (κ3) is 5.49. The number of carboxylic acid groups (broad SMARTS) is 1. The number of hydrogen-bond donors (Lipinski definition) is 2. The molecule has 19 heavy (non-hydrogen) atoms. The van der Waals surface area contributed by atoms with Gasteiger partial charge in [0.15, 0.2) is 0 Å². The van der Waals surface area contributed by atoms with Gasteiger partial charge in [-0.15, -0.1) is 0 Å². The summed E-state index contributed by atoms with van der Waals surface area (Å²) >= 11 is 0. The number of carbonyl (C=O) groups is 2. The van der Waals surface area contributed by atoms with E-state index in [1.165, 1.54) is 0 Å². The number of nitrogens with one attached hydrogen (secondary N) is 1. The second kappa shape index (κ2) is 8.02. The molecule has 1 aliphatic rings. The van der Waals surface area contributed by atoms with Crippen LogP contribution in [0.5, 0.6) is 0 Å². The van der Waals surface area contributed by atoms with E-state index in [1.54, 1.807) is 0 Å². The van der Waals surface area contributed by atoms with Crippen molar-refractivity contribution in [3.8, 4) is 0 Å². The fraction of sp³-hybridized carbons (Fsp3) is 0.857. The molecule has 110 valence electrons. The van der Waals surface area contributed by atoms with Gasteiger partial charge >= 0.3 is 12.0 Å². The predicted molar refractivity (Wildman–Crippen MR) is 74.1 cm³/mol. The van der Waals surface area contributed by atoms with Crippen LogP contribution >= 0.6 is 0 Å². The van der Waals surface area contributed by atoms with E-state index < -0.39 is 5.97 Å². The Kier molecular flexibility index (Phi) is 6.67. The summed E-state index contributed by atoms with van der Waals surface area (Å²) in [6.07, 6.45) is 4.94. The highest BCUT2D eigenvalue weighted by Crippen LogP contribution is 2.19. The average Bonchev–Trinajstić information content (AvgIpc) is 2.84. The van der Waals surface area contributed by atoms with Gasteiger partial charge in [0.1, 0.15) is 0 Å². The van der Waals surface area contributed by atoms with E-state index in [2.05, 4.69) is 12.2 Å². The first-order valence-electron chi connectivity index (χ1n) is 7.30. The van der Waals surface area contributed by atoms with Crippen molar-refractivity contribution in [1.29, 1.82) is 0 Å². The number of rotatable bonds is 7. The van der Waals surface area contributed by atoms with Crippen LogP contribution in [-0.2, 0) is 4.79 Å². The van der Waals surface area contributed by atoms with Crippen LogP contribution in [0.4, 0.5) is 4.79 Å². The van der Waals surface area contributed by atoms with Crippen molar-refractivity contribution in [2.24, 2.45) is 5.92 Å². The molecule has 1 saturated heterocycles. The normalized spacial score (nSPS) is 20.3. The Hall–Kier alpha value is -1.26. The Labute approximate surface area is 115 Å².